The van der Waals surface area contributed by atoms with Crippen molar-refractivity contribution in [3.05, 3.63) is 54.5 Å². The van der Waals surface area contributed by atoms with Gasteiger partial charge >= 0.3 is 6.03 Å². The SMILES string of the molecule is CCN1CCCN(C(=O)Nc2cccnn2)c2nc(-c3ccnc(C)c3)ccc21. The molecule has 1 aliphatic rings. The Bertz CT molecular complexity index is 1010. The minimum Gasteiger partial charge on any atom is -0.369 e. The Morgan fingerprint density at radius 1 is 1.17 bits per heavy atom. The fourth-order valence-corrected chi connectivity index (χ4v) is 3.47. The number of nitrogens with one attached hydrogen (secondary N) is 1. The third kappa shape index (κ3) is 4.01. The lowest BCUT2D eigenvalue weighted by Gasteiger charge is -2.25. The van der Waals surface area contributed by atoms with Crippen molar-refractivity contribution in [3.63, 3.8) is 0 Å². The van der Waals surface area contributed by atoms with Crippen molar-refractivity contribution in [2.24, 2.45) is 0 Å². The number of anilines is 3. The maximum absolute atomic E-state index is 13.1. The highest BCUT2D eigenvalue weighted by molar-refractivity contribution is 6.03. The van der Waals surface area contributed by atoms with Crippen LogP contribution in [0.3, 0.4) is 0 Å². The molecule has 0 atom stereocenters. The normalized spacial score (nSPS) is 13.6. The Labute approximate surface area is 169 Å². The van der Waals surface area contributed by atoms with E-state index in [2.05, 4.69) is 32.3 Å². The van der Waals surface area contributed by atoms with Crippen molar-refractivity contribution in [2.45, 2.75) is 20.3 Å². The van der Waals surface area contributed by atoms with E-state index < -0.39 is 0 Å². The average Bonchev–Trinajstić information content (AvgIpc) is 2.93. The summed E-state index contributed by atoms with van der Waals surface area (Å²) in [6.07, 6.45) is 4.19. The predicted molar refractivity (Wildman–Crippen MR) is 113 cm³/mol. The zero-order chi connectivity index (χ0) is 20.2. The first kappa shape index (κ1) is 18.8. The topological polar surface area (TPSA) is 87.1 Å². The van der Waals surface area contributed by atoms with Crippen LogP contribution < -0.4 is 15.1 Å². The predicted octanol–water partition coefficient (Wildman–Crippen LogP) is 3.51. The molecule has 0 spiro atoms. The summed E-state index contributed by atoms with van der Waals surface area (Å²) in [4.78, 5) is 26.1. The molecule has 8 nitrogen and oxygen atoms in total. The zero-order valence-electron chi connectivity index (χ0n) is 16.5. The van der Waals surface area contributed by atoms with Crippen molar-refractivity contribution < 1.29 is 4.79 Å². The second-order valence-electron chi connectivity index (χ2n) is 6.85. The van der Waals surface area contributed by atoms with Gasteiger partial charge in [0.2, 0.25) is 0 Å². The molecule has 1 N–H and O–H groups in total. The largest absolute Gasteiger partial charge is 0.369 e. The van der Waals surface area contributed by atoms with E-state index in [1.807, 2.05) is 31.2 Å². The first-order valence-corrected chi connectivity index (χ1v) is 9.71. The van der Waals surface area contributed by atoms with E-state index in [4.69, 9.17) is 4.98 Å². The molecule has 29 heavy (non-hydrogen) atoms. The number of rotatable bonds is 3. The molecule has 1 aliphatic heterocycles. The van der Waals surface area contributed by atoms with Crippen molar-refractivity contribution in [2.75, 3.05) is 34.8 Å². The van der Waals surface area contributed by atoms with Crippen molar-refractivity contribution in [1.29, 1.82) is 0 Å². The second kappa shape index (κ2) is 8.22. The standard InChI is InChI=1S/C21H23N7O/c1-3-27-12-5-13-28(21(29)25-19-6-4-10-23-26-19)20-18(27)8-7-17(24-20)16-9-11-22-15(2)14-16/h4,6-11,14H,3,5,12-13H2,1-2H3,(H,25,26,29). The molecule has 0 aliphatic carbocycles. The van der Waals surface area contributed by atoms with E-state index in [0.29, 0.717) is 18.2 Å². The van der Waals surface area contributed by atoms with Gasteiger partial charge in [-0.3, -0.25) is 15.2 Å². The number of fused-ring (bicyclic) bond motifs is 1. The number of amides is 2. The number of carbonyl (C=O) groups is 1. The summed E-state index contributed by atoms with van der Waals surface area (Å²) in [6, 6.07) is 11.2. The minimum absolute atomic E-state index is 0.264. The third-order valence-corrected chi connectivity index (χ3v) is 4.89. The molecule has 0 fully saturated rings. The van der Waals surface area contributed by atoms with Gasteiger partial charge in [-0.2, -0.15) is 5.10 Å². The summed E-state index contributed by atoms with van der Waals surface area (Å²) in [5, 5.41) is 10.6. The highest BCUT2D eigenvalue weighted by atomic mass is 16.2. The van der Waals surface area contributed by atoms with Gasteiger partial charge < -0.3 is 4.90 Å². The summed E-state index contributed by atoms with van der Waals surface area (Å²) in [5.74, 6) is 1.06. The van der Waals surface area contributed by atoms with E-state index in [0.717, 1.165) is 42.1 Å². The lowest BCUT2D eigenvalue weighted by molar-refractivity contribution is 0.256. The van der Waals surface area contributed by atoms with Crippen LogP contribution in [0.2, 0.25) is 0 Å². The molecule has 0 bridgehead atoms. The Hall–Kier alpha value is -3.55. The lowest BCUT2D eigenvalue weighted by atomic mass is 10.1. The van der Waals surface area contributed by atoms with E-state index in [9.17, 15) is 4.79 Å². The number of urea groups is 1. The quantitative estimate of drug-likeness (QED) is 0.738. The molecule has 0 saturated carbocycles. The summed E-state index contributed by atoms with van der Waals surface area (Å²) in [6.45, 7) is 6.35. The fourth-order valence-electron chi connectivity index (χ4n) is 3.47. The number of pyridine rings is 2. The van der Waals surface area contributed by atoms with E-state index in [1.54, 1.807) is 29.4 Å². The molecule has 3 aromatic rings. The number of hydrogen-bond acceptors (Lipinski definition) is 6. The molecule has 0 saturated heterocycles. The van der Waals surface area contributed by atoms with Crippen LogP contribution in [0.1, 0.15) is 19.0 Å². The van der Waals surface area contributed by atoms with Crippen molar-refractivity contribution in [1.82, 2.24) is 20.2 Å². The number of hydrogen-bond donors (Lipinski definition) is 1. The summed E-state index contributed by atoms with van der Waals surface area (Å²) in [5.41, 5.74) is 3.66. The summed E-state index contributed by atoms with van der Waals surface area (Å²) in [7, 11) is 0. The lowest BCUT2D eigenvalue weighted by Crippen LogP contribution is -2.36. The smallest absolute Gasteiger partial charge is 0.328 e. The van der Waals surface area contributed by atoms with Gasteiger partial charge in [-0.1, -0.05) is 0 Å². The maximum Gasteiger partial charge on any atom is 0.328 e. The van der Waals surface area contributed by atoms with Gasteiger partial charge in [-0.05, 0) is 56.7 Å². The summed E-state index contributed by atoms with van der Waals surface area (Å²) < 4.78 is 0. The molecular formula is C21H23N7O. The van der Waals surface area contributed by atoms with Crippen LogP contribution in [0.4, 0.5) is 22.1 Å². The number of nitrogens with zero attached hydrogens (tertiary/aromatic N) is 6. The van der Waals surface area contributed by atoms with Gasteiger partial charge in [0.25, 0.3) is 0 Å². The van der Waals surface area contributed by atoms with Crippen LogP contribution in [-0.2, 0) is 0 Å². The number of aromatic nitrogens is 4. The van der Waals surface area contributed by atoms with Gasteiger partial charge in [-0.15, -0.1) is 5.10 Å². The molecular weight excluding hydrogens is 366 g/mol. The van der Waals surface area contributed by atoms with Crippen LogP contribution in [0.25, 0.3) is 11.3 Å². The van der Waals surface area contributed by atoms with Crippen molar-refractivity contribution >= 4 is 23.4 Å². The Balaban J connectivity index is 1.74. The van der Waals surface area contributed by atoms with Crippen molar-refractivity contribution in [3.8, 4) is 11.3 Å². The van der Waals surface area contributed by atoms with Gasteiger partial charge in [0.05, 0.1) is 11.4 Å². The van der Waals surface area contributed by atoms with Crippen LogP contribution in [0.5, 0.6) is 0 Å². The summed E-state index contributed by atoms with van der Waals surface area (Å²) >= 11 is 0. The highest BCUT2D eigenvalue weighted by Crippen LogP contribution is 2.33. The van der Waals surface area contributed by atoms with E-state index >= 15 is 0 Å². The van der Waals surface area contributed by atoms with E-state index in [-0.39, 0.29) is 6.03 Å². The monoisotopic (exact) mass is 389 g/mol. The second-order valence-corrected chi connectivity index (χ2v) is 6.85. The fraction of sp³-hybridized carbons (Fsp3) is 0.286. The van der Waals surface area contributed by atoms with Gasteiger partial charge in [0.1, 0.15) is 0 Å². The molecule has 4 heterocycles. The average molecular weight is 389 g/mol. The molecule has 8 heteroatoms. The molecule has 2 amide bonds. The third-order valence-electron chi connectivity index (χ3n) is 4.89. The molecule has 0 aromatic carbocycles. The number of carbonyl (C=O) groups excluding carboxylic acids is 1. The first-order chi connectivity index (χ1) is 14.2. The molecule has 4 rings (SSSR count). The van der Waals surface area contributed by atoms with Crippen LogP contribution in [-0.4, -0.2) is 45.8 Å². The van der Waals surface area contributed by atoms with Gasteiger partial charge in [-0.25, -0.2) is 9.78 Å². The molecule has 0 unspecified atom stereocenters. The number of aryl methyl sites for hydroxylation is 1. The Kier molecular flexibility index (Phi) is 5.33. The minimum atomic E-state index is -0.264. The van der Waals surface area contributed by atoms with Crippen LogP contribution in [0, 0.1) is 6.92 Å². The molecule has 148 valence electrons. The Morgan fingerprint density at radius 3 is 2.83 bits per heavy atom. The van der Waals surface area contributed by atoms with E-state index in [1.165, 1.54) is 0 Å². The van der Waals surface area contributed by atoms with Crippen LogP contribution >= 0.6 is 0 Å². The molecule has 3 aromatic heterocycles. The first-order valence-electron chi connectivity index (χ1n) is 9.71. The maximum atomic E-state index is 13.1. The zero-order valence-corrected chi connectivity index (χ0v) is 16.5. The van der Waals surface area contributed by atoms with Gasteiger partial charge in [0, 0.05) is 43.3 Å². The van der Waals surface area contributed by atoms with Crippen LogP contribution in [0.15, 0.2) is 48.8 Å². The van der Waals surface area contributed by atoms with Gasteiger partial charge in [0.15, 0.2) is 11.6 Å². The molecule has 0 radical (unpaired) electrons. The Morgan fingerprint density at radius 2 is 2.07 bits per heavy atom. The highest BCUT2D eigenvalue weighted by Gasteiger charge is 2.26.